The Morgan fingerprint density at radius 1 is 1.15 bits per heavy atom. The lowest BCUT2D eigenvalue weighted by molar-refractivity contribution is -0.141. The number of hydrogen-bond donors (Lipinski definition) is 0. The van der Waals surface area contributed by atoms with E-state index >= 15 is 0 Å². The summed E-state index contributed by atoms with van der Waals surface area (Å²) in [6, 6.07) is 7.59. The van der Waals surface area contributed by atoms with E-state index in [2.05, 4.69) is 9.97 Å². The molecule has 0 radical (unpaired) electrons. The van der Waals surface area contributed by atoms with Crippen LogP contribution in [0.5, 0.6) is 0 Å². The van der Waals surface area contributed by atoms with Gasteiger partial charge in [-0.05, 0) is 30.0 Å². The summed E-state index contributed by atoms with van der Waals surface area (Å²) in [7, 11) is -4.00. The van der Waals surface area contributed by atoms with Crippen molar-refractivity contribution in [2.24, 2.45) is 0 Å². The van der Waals surface area contributed by atoms with E-state index in [4.69, 9.17) is 0 Å². The highest BCUT2D eigenvalue weighted by atomic mass is 32.2. The average molecular weight is 395 g/mol. The van der Waals surface area contributed by atoms with Crippen molar-refractivity contribution in [2.45, 2.75) is 17.9 Å². The molecular weight excluding hydrogens is 379 g/mol. The predicted molar refractivity (Wildman–Crippen MR) is 94.3 cm³/mol. The van der Waals surface area contributed by atoms with Crippen molar-refractivity contribution in [3.8, 4) is 11.3 Å². The highest BCUT2D eigenvalue weighted by Crippen LogP contribution is 2.31. The first kappa shape index (κ1) is 19.1. The normalized spacial score (nSPS) is 14.6. The summed E-state index contributed by atoms with van der Waals surface area (Å²) in [6.07, 6.45) is 3.73. The number of alkyl halides is 3. The van der Waals surface area contributed by atoms with Gasteiger partial charge in [0.15, 0.2) is 0 Å². The van der Waals surface area contributed by atoms with Crippen LogP contribution in [0, 0.1) is 0 Å². The molecule has 0 saturated carbocycles. The second-order valence-corrected chi connectivity index (χ2v) is 8.00. The Kier molecular flexibility index (Phi) is 5.05. The third-order valence-electron chi connectivity index (χ3n) is 3.82. The van der Waals surface area contributed by atoms with Gasteiger partial charge in [0.05, 0.1) is 5.69 Å². The molecule has 0 N–H and O–H groups in total. The van der Waals surface area contributed by atoms with E-state index in [0.29, 0.717) is 12.1 Å². The van der Waals surface area contributed by atoms with Crippen molar-refractivity contribution >= 4 is 9.84 Å². The molecule has 0 amide bonds. The largest absolute Gasteiger partial charge is 0.433 e. The molecular formula is C18H16F3N3O2S. The lowest BCUT2D eigenvalue weighted by atomic mass is 10.1. The predicted octanol–water partition coefficient (Wildman–Crippen LogP) is 3.45. The summed E-state index contributed by atoms with van der Waals surface area (Å²) >= 11 is 0. The Balaban J connectivity index is 2.01. The first-order valence-corrected chi connectivity index (χ1v) is 9.85. The van der Waals surface area contributed by atoms with Crippen LogP contribution in [-0.4, -0.2) is 36.1 Å². The zero-order valence-electron chi connectivity index (χ0n) is 14.3. The average Bonchev–Trinajstić information content (AvgIpc) is 2.61. The molecule has 5 nitrogen and oxygen atoms in total. The van der Waals surface area contributed by atoms with E-state index in [1.807, 2.05) is 35.4 Å². The van der Waals surface area contributed by atoms with E-state index in [0.717, 1.165) is 24.4 Å². The molecule has 9 heteroatoms. The van der Waals surface area contributed by atoms with Gasteiger partial charge in [-0.2, -0.15) is 13.2 Å². The zero-order chi connectivity index (χ0) is 19.7. The molecule has 1 aliphatic rings. The van der Waals surface area contributed by atoms with Gasteiger partial charge in [-0.25, -0.2) is 18.4 Å². The van der Waals surface area contributed by atoms with Crippen LogP contribution in [0.15, 0.2) is 59.9 Å². The second kappa shape index (κ2) is 7.15. The Bertz CT molecular complexity index is 1010. The van der Waals surface area contributed by atoms with Crippen molar-refractivity contribution in [3.63, 3.8) is 0 Å². The minimum atomic E-state index is -4.78. The van der Waals surface area contributed by atoms with Crippen LogP contribution in [0.2, 0.25) is 0 Å². The quantitative estimate of drug-likeness (QED) is 0.742. The fourth-order valence-corrected chi connectivity index (χ4v) is 3.10. The number of hydrogen-bond acceptors (Lipinski definition) is 5. The molecule has 142 valence electrons. The lowest BCUT2D eigenvalue weighted by Crippen LogP contribution is -2.18. The van der Waals surface area contributed by atoms with Gasteiger partial charge in [0.2, 0.25) is 15.0 Å². The maximum absolute atomic E-state index is 13.1. The minimum Gasteiger partial charge on any atom is -0.369 e. The molecule has 1 aliphatic heterocycles. The molecule has 0 atom stereocenters. The van der Waals surface area contributed by atoms with Gasteiger partial charge in [-0.3, -0.25) is 0 Å². The van der Waals surface area contributed by atoms with Crippen LogP contribution < -0.4 is 0 Å². The summed E-state index contributed by atoms with van der Waals surface area (Å²) in [5, 5.41) is -0.846. The molecule has 1 aromatic heterocycles. The number of nitrogens with zero attached hydrogens (tertiary/aromatic N) is 3. The van der Waals surface area contributed by atoms with Gasteiger partial charge < -0.3 is 4.90 Å². The van der Waals surface area contributed by atoms with E-state index in [1.54, 1.807) is 18.2 Å². The Morgan fingerprint density at radius 2 is 1.93 bits per heavy atom. The summed E-state index contributed by atoms with van der Waals surface area (Å²) in [5.74, 6) is 0. The summed E-state index contributed by atoms with van der Waals surface area (Å²) < 4.78 is 62.8. The molecule has 2 aromatic rings. The third-order valence-corrected chi connectivity index (χ3v) is 4.67. The Labute approximate surface area is 154 Å². The van der Waals surface area contributed by atoms with Crippen LogP contribution in [-0.2, 0) is 22.6 Å². The monoisotopic (exact) mass is 395 g/mol. The van der Waals surface area contributed by atoms with Gasteiger partial charge in [0.1, 0.15) is 5.69 Å². The number of rotatable bonds is 4. The molecule has 0 saturated heterocycles. The maximum Gasteiger partial charge on any atom is 0.433 e. The van der Waals surface area contributed by atoms with Gasteiger partial charge in [0, 0.05) is 24.9 Å². The molecule has 27 heavy (non-hydrogen) atoms. The summed E-state index contributed by atoms with van der Waals surface area (Å²) in [6.45, 7) is 1.29. The van der Waals surface area contributed by atoms with Crippen LogP contribution in [0.25, 0.3) is 11.3 Å². The smallest absolute Gasteiger partial charge is 0.369 e. The number of halogens is 3. The topological polar surface area (TPSA) is 63.2 Å². The fraction of sp³-hybridized carbons (Fsp3) is 0.222. The van der Waals surface area contributed by atoms with Crippen molar-refractivity contribution in [3.05, 3.63) is 66.0 Å². The van der Waals surface area contributed by atoms with E-state index in [9.17, 15) is 21.6 Å². The Hall–Kier alpha value is -2.68. The third kappa shape index (κ3) is 4.73. The Morgan fingerprint density at radius 3 is 2.56 bits per heavy atom. The number of aromatic nitrogens is 2. The molecule has 0 fully saturated rings. The van der Waals surface area contributed by atoms with Crippen molar-refractivity contribution in [2.75, 3.05) is 12.8 Å². The molecule has 3 rings (SSSR count). The van der Waals surface area contributed by atoms with Crippen molar-refractivity contribution in [1.29, 1.82) is 0 Å². The maximum atomic E-state index is 13.1. The molecule has 0 bridgehead atoms. The van der Waals surface area contributed by atoms with E-state index in [-0.39, 0.29) is 5.69 Å². The van der Waals surface area contributed by atoms with E-state index in [1.165, 1.54) is 0 Å². The van der Waals surface area contributed by atoms with Crippen LogP contribution in [0.4, 0.5) is 13.2 Å². The van der Waals surface area contributed by atoms with Gasteiger partial charge in [-0.1, -0.05) is 30.4 Å². The lowest BCUT2D eigenvalue weighted by Gasteiger charge is -2.20. The van der Waals surface area contributed by atoms with Gasteiger partial charge in [-0.15, -0.1) is 0 Å². The molecule has 2 heterocycles. The van der Waals surface area contributed by atoms with E-state index < -0.39 is 26.9 Å². The van der Waals surface area contributed by atoms with Gasteiger partial charge >= 0.3 is 6.18 Å². The van der Waals surface area contributed by atoms with Crippen molar-refractivity contribution in [1.82, 2.24) is 14.9 Å². The number of benzene rings is 1. The van der Waals surface area contributed by atoms with Crippen LogP contribution in [0.3, 0.4) is 0 Å². The molecule has 0 aliphatic carbocycles. The standard InChI is InChI=1S/C18H16F3N3O2S/c1-27(25,26)17-22-15(11-16(23-17)18(19,20)21)14-7-5-6-13(10-14)12-24-8-3-2-4-9-24/h2-8,10-11H,9,12H2,1H3. The second-order valence-electron chi connectivity index (χ2n) is 6.09. The van der Waals surface area contributed by atoms with Gasteiger partial charge in [0.25, 0.3) is 0 Å². The van der Waals surface area contributed by atoms with Crippen LogP contribution >= 0.6 is 0 Å². The number of allylic oxidation sites excluding steroid dienone is 2. The zero-order valence-corrected chi connectivity index (χ0v) is 15.1. The number of sulfone groups is 1. The summed E-state index contributed by atoms with van der Waals surface area (Å²) in [4.78, 5) is 9.04. The highest BCUT2D eigenvalue weighted by Gasteiger charge is 2.34. The molecule has 0 spiro atoms. The SMILES string of the molecule is CS(=O)(=O)c1nc(-c2cccc(CN3C=CC=CC3)c2)cc(C(F)(F)F)n1. The van der Waals surface area contributed by atoms with Crippen molar-refractivity contribution < 1.29 is 21.6 Å². The fourth-order valence-electron chi connectivity index (χ4n) is 2.57. The first-order valence-electron chi connectivity index (χ1n) is 7.96. The highest BCUT2D eigenvalue weighted by molar-refractivity contribution is 7.90. The minimum absolute atomic E-state index is 0.0892. The first-order chi connectivity index (χ1) is 12.6. The summed E-state index contributed by atoms with van der Waals surface area (Å²) in [5.41, 5.74) is -0.126. The molecule has 1 aromatic carbocycles. The van der Waals surface area contributed by atoms with Crippen LogP contribution in [0.1, 0.15) is 11.3 Å². The molecule has 0 unspecified atom stereocenters.